The molecule has 2 aromatic heterocycles. The first-order valence-corrected chi connectivity index (χ1v) is 10.7. The molecule has 1 saturated heterocycles. The molecule has 10 heteroatoms. The number of carbonyl (C=O) groups is 2. The Kier molecular flexibility index (Phi) is 6.37. The van der Waals surface area contributed by atoms with Crippen LogP contribution >= 0.6 is 11.3 Å². The average molecular weight is 441 g/mol. The smallest absolute Gasteiger partial charge is 0.323 e. The molecule has 160 valence electrons. The fourth-order valence-electron chi connectivity index (χ4n) is 3.20. The van der Waals surface area contributed by atoms with Crippen LogP contribution < -0.4 is 15.5 Å². The summed E-state index contributed by atoms with van der Waals surface area (Å²) in [7, 11) is 0. The SMILES string of the molecule is O=C(Cc1csc(NC(=O)N2CCN(c3ccccn3)CC2)n1)Nc1ccc(F)cc1. The van der Waals surface area contributed by atoms with Crippen molar-refractivity contribution in [2.45, 2.75) is 6.42 Å². The molecule has 0 atom stereocenters. The highest BCUT2D eigenvalue weighted by molar-refractivity contribution is 7.13. The van der Waals surface area contributed by atoms with Crippen molar-refractivity contribution in [3.05, 3.63) is 65.6 Å². The largest absolute Gasteiger partial charge is 0.353 e. The summed E-state index contributed by atoms with van der Waals surface area (Å²) < 4.78 is 12.9. The normalized spacial score (nSPS) is 13.7. The highest BCUT2D eigenvalue weighted by atomic mass is 32.1. The van der Waals surface area contributed by atoms with E-state index in [9.17, 15) is 14.0 Å². The zero-order chi connectivity index (χ0) is 21.6. The van der Waals surface area contributed by atoms with E-state index in [1.807, 2.05) is 18.2 Å². The maximum atomic E-state index is 12.9. The third-order valence-electron chi connectivity index (χ3n) is 4.78. The first-order valence-electron chi connectivity index (χ1n) is 9.78. The maximum Gasteiger partial charge on any atom is 0.323 e. The van der Waals surface area contributed by atoms with Crippen molar-refractivity contribution in [2.24, 2.45) is 0 Å². The minimum absolute atomic E-state index is 0.0620. The van der Waals surface area contributed by atoms with Crippen molar-refractivity contribution in [3.8, 4) is 0 Å². The van der Waals surface area contributed by atoms with E-state index in [0.29, 0.717) is 42.7 Å². The second-order valence-corrected chi connectivity index (χ2v) is 7.83. The van der Waals surface area contributed by atoms with Crippen LogP contribution in [0.25, 0.3) is 0 Å². The molecule has 1 aliphatic rings. The van der Waals surface area contributed by atoms with Gasteiger partial charge in [0.2, 0.25) is 5.91 Å². The zero-order valence-electron chi connectivity index (χ0n) is 16.6. The molecule has 1 fully saturated rings. The van der Waals surface area contributed by atoms with E-state index in [-0.39, 0.29) is 24.2 Å². The van der Waals surface area contributed by atoms with Crippen molar-refractivity contribution in [1.82, 2.24) is 14.9 Å². The van der Waals surface area contributed by atoms with Gasteiger partial charge >= 0.3 is 6.03 Å². The van der Waals surface area contributed by atoms with Crippen LogP contribution in [0.5, 0.6) is 0 Å². The second kappa shape index (κ2) is 9.52. The lowest BCUT2D eigenvalue weighted by Crippen LogP contribution is -2.50. The van der Waals surface area contributed by atoms with Gasteiger partial charge in [0.15, 0.2) is 5.13 Å². The van der Waals surface area contributed by atoms with Gasteiger partial charge in [0.25, 0.3) is 0 Å². The Balaban J connectivity index is 1.25. The van der Waals surface area contributed by atoms with E-state index in [1.54, 1.807) is 16.5 Å². The van der Waals surface area contributed by atoms with Gasteiger partial charge in [-0.05, 0) is 36.4 Å². The molecule has 0 bridgehead atoms. The number of benzene rings is 1. The molecule has 0 aliphatic carbocycles. The number of nitrogens with one attached hydrogen (secondary N) is 2. The van der Waals surface area contributed by atoms with Crippen molar-refractivity contribution in [3.63, 3.8) is 0 Å². The van der Waals surface area contributed by atoms with Crippen LogP contribution in [-0.4, -0.2) is 53.0 Å². The Hall–Kier alpha value is -3.53. The monoisotopic (exact) mass is 440 g/mol. The number of hydrogen-bond donors (Lipinski definition) is 2. The zero-order valence-corrected chi connectivity index (χ0v) is 17.4. The number of amides is 3. The van der Waals surface area contributed by atoms with Crippen molar-refractivity contribution in [2.75, 3.05) is 41.7 Å². The highest BCUT2D eigenvalue weighted by Crippen LogP contribution is 2.18. The third-order valence-corrected chi connectivity index (χ3v) is 5.58. The molecule has 0 unspecified atom stereocenters. The molecule has 4 rings (SSSR count). The fourth-order valence-corrected chi connectivity index (χ4v) is 3.90. The summed E-state index contributed by atoms with van der Waals surface area (Å²) >= 11 is 1.27. The standard InChI is InChI=1S/C21H21FN6O2S/c22-15-4-6-16(7-5-15)24-19(29)13-17-14-31-20(25-17)26-21(30)28-11-9-27(10-12-28)18-3-1-2-8-23-18/h1-8,14H,9-13H2,(H,24,29)(H,25,26,30). The highest BCUT2D eigenvalue weighted by Gasteiger charge is 2.22. The maximum absolute atomic E-state index is 12.9. The Bertz CT molecular complexity index is 1040. The molecular formula is C21H21FN6O2S. The summed E-state index contributed by atoms with van der Waals surface area (Å²) in [4.78, 5) is 37.2. The second-order valence-electron chi connectivity index (χ2n) is 6.97. The number of pyridine rings is 1. The number of hydrogen-bond acceptors (Lipinski definition) is 6. The van der Waals surface area contributed by atoms with E-state index >= 15 is 0 Å². The molecule has 3 amide bonds. The number of aromatic nitrogens is 2. The van der Waals surface area contributed by atoms with E-state index in [2.05, 4.69) is 25.5 Å². The van der Waals surface area contributed by atoms with E-state index < -0.39 is 0 Å². The predicted octanol–water partition coefficient (Wildman–Crippen LogP) is 3.21. The van der Waals surface area contributed by atoms with Gasteiger partial charge < -0.3 is 15.1 Å². The summed E-state index contributed by atoms with van der Waals surface area (Å²) in [5.41, 5.74) is 1.07. The fraction of sp³-hybridized carbons (Fsp3) is 0.238. The lowest BCUT2D eigenvalue weighted by atomic mass is 10.3. The van der Waals surface area contributed by atoms with Crippen LogP contribution in [0.15, 0.2) is 54.0 Å². The summed E-state index contributed by atoms with van der Waals surface area (Å²) in [5, 5.41) is 7.67. The number of nitrogens with zero attached hydrogens (tertiary/aromatic N) is 4. The number of thiazole rings is 1. The van der Waals surface area contributed by atoms with Gasteiger partial charge in [-0.15, -0.1) is 11.3 Å². The number of anilines is 3. The number of piperazine rings is 1. The van der Waals surface area contributed by atoms with Gasteiger partial charge in [-0.1, -0.05) is 6.07 Å². The Morgan fingerprint density at radius 1 is 1.03 bits per heavy atom. The number of halogens is 1. The lowest BCUT2D eigenvalue weighted by molar-refractivity contribution is -0.115. The van der Waals surface area contributed by atoms with Crippen LogP contribution in [0.3, 0.4) is 0 Å². The molecule has 8 nitrogen and oxygen atoms in total. The molecule has 1 aromatic carbocycles. The van der Waals surface area contributed by atoms with Crippen molar-refractivity contribution < 1.29 is 14.0 Å². The quantitative estimate of drug-likeness (QED) is 0.636. The van der Waals surface area contributed by atoms with Gasteiger partial charge in [0, 0.05) is 43.4 Å². The summed E-state index contributed by atoms with van der Waals surface area (Å²) in [6.45, 7) is 2.58. The molecule has 0 spiro atoms. The van der Waals surface area contributed by atoms with E-state index in [4.69, 9.17) is 0 Å². The molecule has 31 heavy (non-hydrogen) atoms. The van der Waals surface area contributed by atoms with Gasteiger partial charge in [-0.2, -0.15) is 0 Å². The number of rotatable bonds is 5. The van der Waals surface area contributed by atoms with Crippen LogP contribution in [0.1, 0.15) is 5.69 Å². The van der Waals surface area contributed by atoms with Crippen LogP contribution in [0.2, 0.25) is 0 Å². The number of urea groups is 1. The first kappa shape index (κ1) is 20.7. The van der Waals surface area contributed by atoms with Crippen LogP contribution in [0.4, 0.5) is 25.8 Å². The van der Waals surface area contributed by atoms with Crippen molar-refractivity contribution in [1.29, 1.82) is 0 Å². The van der Waals surface area contributed by atoms with E-state index in [1.165, 1.54) is 35.6 Å². The minimum atomic E-state index is -0.365. The first-order chi connectivity index (χ1) is 15.1. The molecule has 3 heterocycles. The Morgan fingerprint density at radius 3 is 2.52 bits per heavy atom. The molecule has 0 saturated carbocycles. The van der Waals surface area contributed by atoms with Gasteiger partial charge in [0.1, 0.15) is 11.6 Å². The van der Waals surface area contributed by atoms with E-state index in [0.717, 1.165) is 5.82 Å². The predicted molar refractivity (Wildman–Crippen MR) is 118 cm³/mol. The average Bonchev–Trinajstić information content (AvgIpc) is 3.22. The summed E-state index contributed by atoms with van der Waals surface area (Å²) in [5.74, 6) is 0.280. The third kappa shape index (κ3) is 5.54. The molecule has 3 aromatic rings. The lowest BCUT2D eigenvalue weighted by Gasteiger charge is -2.35. The Labute approximate surface area is 182 Å². The molecule has 2 N–H and O–H groups in total. The Morgan fingerprint density at radius 2 is 1.81 bits per heavy atom. The van der Waals surface area contributed by atoms with Crippen LogP contribution in [-0.2, 0) is 11.2 Å². The van der Waals surface area contributed by atoms with Crippen LogP contribution in [0, 0.1) is 5.82 Å². The number of carbonyl (C=O) groups excluding carboxylic acids is 2. The summed E-state index contributed by atoms with van der Waals surface area (Å²) in [6.07, 6.45) is 1.82. The van der Waals surface area contributed by atoms with Gasteiger partial charge in [0.05, 0.1) is 12.1 Å². The van der Waals surface area contributed by atoms with Gasteiger partial charge in [-0.25, -0.2) is 19.2 Å². The van der Waals surface area contributed by atoms with Gasteiger partial charge in [-0.3, -0.25) is 10.1 Å². The summed E-state index contributed by atoms with van der Waals surface area (Å²) in [6, 6.07) is 11.1. The topological polar surface area (TPSA) is 90.5 Å². The molecule has 1 aliphatic heterocycles. The minimum Gasteiger partial charge on any atom is -0.353 e. The van der Waals surface area contributed by atoms with Crippen molar-refractivity contribution >= 4 is 39.9 Å². The molecule has 0 radical (unpaired) electrons. The molecular weight excluding hydrogens is 419 g/mol.